The van der Waals surface area contributed by atoms with E-state index in [9.17, 15) is 4.39 Å². The van der Waals surface area contributed by atoms with Crippen molar-refractivity contribution in [2.24, 2.45) is 0 Å². The number of nitrogens with one attached hydrogen (secondary N) is 1. The Bertz CT molecular complexity index is 323. The van der Waals surface area contributed by atoms with E-state index in [1.807, 2.05) is 6.07 Å². The molecule has 1 aliphatic rings. The van der Waals surface area contributed by atoms with Crippen molar-refractivity contribution in [3.05, 3.63) is 29.6 Å². The van der Waals surface area contributed by atoms with Crippen LogP contribution in [0.2, 0.25) is 0 Å². The molecule has 0 heterocycles. The van der Waals surface area contributed by atoms with Crippen LogP contribution >= 0.6 is 0 Å². The van der Waals surface area contributed by atoms with Gasteiger partial charge >= 0.3 is 0 Å². The molecular weight excluding hydrogens is 181 g/mol. The molecule has 0 aromatic heterocycles. The number of hydrogen-bond donors (Lipinski definition) is 1. The minimum absolute atomic E-state index is 0.239. The number of benzene rings is 1. The van der Waals surface area contributed by atoms with Crippen molar-refractivity contribution in [2.45, 2.75) is 25.4 Å². The lowest BCUT2D eigenvalue weighted by molar-refractivity contribution is 0.410. The molecule has 2 nitrogen and oxygen atoms in total. The first-order chi connectivity index (χ1) is 6.78. The van der Waals surface area contributed by atoms with Crippen LogP contribution in [0.1, 0.15) is 18.4 Å². The van der Waals surface area contributed by atoms with E-state index in [-0.39, 0.29) is 5.82 Å². The third-order valence-corrected chi connectivity index (χ3v) is 2.34. The van der Waals surface area contributed by atoms with Crippen molar-refractivity contribution in [2.75, 3.05) is 7.11 Å². The molecule has 1 aliphatic carbocycles. The highest BCUT2D eigenvalue weighted by Gasteiger charge is 2.20. The van der Waals surface area contributed by atoms with E-state index in [2.05, 4.69) is 5.32 Å². The number of rotatable bonds is 4. The van der Waals surface area contributed by atoms with Crippen molar-refractivity contribution in [3.8, 4) is 5.75 Å². The van der Waals surface area contributed by atoms with Crippen LogP contribution in [0.15, 0.2) is 18.2 Å². The molecule has 14 heavy (non-hydrogen) atoms. The number of hydrogen-bond acceptors (Lipinski definition) is 2. The number of halogens is 1. The Morgan fingerprint density at radius 3 is 2.86 bits per heavy atom. The maximum atomic E-state index is 13.0. The third kappa shape index (κ3) is 2.45. The summed E-state index contributed by atoms with van der Waals surface area (Å²) < 4.78 is 18.0. The van der Waals surface area contributed by atoms with Gasteiger partial charge in [0.2, 0.25) is 0 Å². The summed E-state index contributed by atoms with van der Waals surface area (Å²) in [5.41, 5.74) is 0.939. The van der Waals surface area contributed by atoms with Crippen molar-refractivity contribution in [1.29, 1.82) is 0 Å². The van der Waals surface area contributed by atoms with Crippen molar-refractivity contribution in [3.63, 3.8) is 0 Å². The Balaban J connectivity index is 2.03. The van der Waals surface area contributed by atoms with Crippen LogP contribution in [0.5, 0.6) is 5.75 Å². The monoisotopic (exact) mass is 195 g/mol. The van der Waals surface area contributed by atoms with Gasteiger partial charge in [-0.05, 0) is 30.5 Å². The highest BCUT2D eigenvalue weighted by molar-refractivity contribution is 5.29. The molecule has 1 N–H and O–H groups in total. The largest absolute Gasteiger partial charge is 0.497 e. The predicted octanol–water partition coefficient (Wildman–Crippen LogP) is 2.09. The highest BCUT2D eigenvalue weighted by Crippen LogP contribution is 2.20. The third-order valence-electron chi connectivity index (χ3n) is 2.34. The molecule has 2 rings (SSSR count). The van der Waals surface area contributed by atoms with Crippen LogP contribution in [-0.2, 0) is 6.54 Å². The summed E-state index contributed by atoms with van der Waals surface area (Å²) in [5, 5.41) is 3.33. The lowest BCUT2D eigenvalue weighted by atomic mass is 10.2. The summed E-state index contributed by atoms with van der Waals surface area (Å²) >= 11 is 0. The maximum Gasteiger partial charge on any atom is 0.127 e. The van der Waals surface area contributed by atoms with Gasteiger partial charge in [0.1, 0.15) is 11.6 Å². The van der Waals surface area contributed by atoms with E-state index in [0.717, 1.165) is 12.1 Å². The van der Waals surface area contributed by atoms with Crippen molar-refractivity contribution in [1.82, 2.24) is 5.32 Å². The average molecular weight is 195 g/mol. The first-order valence-electron chi connectivity index (χ1n) is 4.85. The fourth-order valence-corrected chi connectivity index (χ4v) is 1.39. The zero-order chi connectivity index (χ0) is 9.97. The minimum Gasteiger partial charge on any atom is -0.497 e. The van der Waals surface area contributed by atoms with E-state index in [0.29, 0.717) is 11.8 Å². The molecular formula is C11H14FNO. The van der Waals surface area contributed by atoms with E-state index in [1.54, 1.807) is 7.11 Å². The second kappa shape index (κ2) is 3.96. The van der Waals surface area contributed by atoms with E-state index in [4.69, 9.17) is 4.74 Å². The second-order valence-corrected chi connectivity index (χ2v) is 3.65. The van der Waals surface area contributed by atoms with E-state index < -0.39 is 0 Å². The van der Waals surface area contributed by atoms with Crippen LogP contribution in [0.3, 0.4) is 0 Å². The molecule has 1 fully saturated rings. The van der Waals surface area contributed by atoms with Gasteiger partial charge in [0.05, 0.1) is 7.11 Å². The molecule has 0 saturated heterocycles. The molecule has 0 radical (unpaired) electrons. The summed E-state index contributed by atoms with van der Waals surface area (Å²) in [6.07, 6.45) is 2.49. The molecule has 0 spiro atoms. The lowest BCUT2D eigenvalue weighted by Gasteiger charge is -2.06. The highest BCUT2D eigenvalue weighted by atomic mass is 19.1. The van der Waals surface area contributed by atoms with Crippen LogP contribution in [0, 0.1) is 5.82 Å². The first-order valence-corrected chi connectivity index (χ1v) is 4.85. The molecule has 0 bridgehead atoms. The Labute approximate surface area is 83.1 Å². The molecule has 0 amide bonds. The Morgan fingerprint density at radius 1 is 1.43 bits per heavy atom. The normalized spacial score (nSPS) is 15.6. The summed E-state index contributed by atoms with van der Waals surface area (Å²) in [5.74, 6) is 0.342. The van der Waals surface area contributed by atoms with E-state index >= 15 is 0 Å². The zero-order valence-corrected chi connectivity index (χ0v) is 8.22. The topological polar surface area (TPSA) is 21.3 Å². The molecule has 0 aliphatic heterocycles. The predicted molar refractivity (Wildman–Crippen MR) is 52.8 cm³/mol. The molecule has 76 valence electrons. The summed E-state index contributed by atoms with van der Waals surface area (Å²) in [6.45, 7) is 0.721. The molecule has 1 aromatic carbocycles. The summed E-state index contributed by atoms with van der Waals surface area (Å²) in [4.78, 5) is 0. The van der Waals surface area contributed by atoms with Crippen LogP contribution in [0.4, 0.5) is 4.39 Å². The second-order valence-electron chi connectivity index (χ2n) is 3.65. The van der Waals surface area contributed by atoms with Crippen molar-refractivity contribution >= 4 is 0 Å². The fourth-order valence-electron chi connectivity index (χ4n) is 1.39. The van der Waals surface area contributed by atoms with Crippen LogP contribution < -0.4 is 10.1 Å². The van der Waals surface area contributed by atoms with Crippen molar-refractivity contribution < 1.29 is 9.13 Å². The average Bonchev–Trinajstić information content (AvgIpc) is 2.97. The van der Waals surface area contributed by atoms with Gasteiger partial charge in [-0.1, -0.05) is 0 Å². The van der Waals surface area contributed by atoms with Gasteiger partial charge in [-0.2, -0.15) is 0 Å². The molecule has 1 saturated carbocycles. The fraction of sp³-hybridized carbons (Fsp3) is 0.455. The summed E-state index contributed by atoms with van der Waals surface area (Å²) in [6, 6.07) is 5.43. The zero-order valence-electron chi connectivity index (χ0n) is 8.22. The Hall–Kier alpha value is -1.09. The summed E-state index contributed by atoms with van der Waals surface area (Å²) in [7, 11) is 1.55. The standard InChI is InChI=1S/C11H14FNO/c1-14-11-5-8(4-9(12)6-11)7-13-10-2-3-10/h4-6,10,13H,2-3,7H2,1H3. The number of methoxy groups -OCH3 is 1. The van der Waals surface area contributed by atoms with Gasteiger partial charge in [-0.25, -0.2) is 4.39 Å². The maximum absolute atomic E-state index is 13.0. The SMILES string of the molecule is COc1cc(F)cc(CNC2CC2)c1. The smallest absolute Gasteiger partial charge is 0.127 e. The van der Waals surface area contributed by atoms with Crippen LogP contribution in [-0.4, -0.2) is 13.2 Å². The number of ether oxygens (including phenoxy) is 1. The molecule has 1 aromatic rings. The Kier molecular flexibility index (Phi) is 2.68. The van der Waals surface area contributed by atoms with Gasteiger partial charge in [0, 0.05) is 18.7 Å². The van der Waals surface area contributed by atoms with Gasteiger partial charge in [0.25, 0.3) is 0 Å². The molecule has 0 atom stereocenters. The van der Waals surface area contributed by atoms with Crippen LogP contribution in [0.25, 0.3) is 0 Å². The lowest BCUT2D eigenvalue weighted by Crippen LogP contribution is -2.15. The Morgan fingerprint density at radius 2 is 2.21 bits per heavy atom. The van der Waals surface area contributed by atoms with Gasteiger partial charge < -0.3 is 10.1 Å². The molecule has 3 heteroatoms. The minimum atomic E-state index is -0.239. The van der Waals surface area contributed by atoms with Gasteiger partial charge in [0.15, 0.2) is 0 Å². The molecule has 0 unspecified atom stereocenters. The van der Waals surface area contributed by atoms with E-state index in [1.165, 1.54) is 25.0 Å². The first kappa shape index (κ1) is 9.46. The van der Waals surface area contributed by atoms with Gasteiger partial charge in [-0.15, -0.1) is 0 Å². The quantitative estimate of drug-likeness (QED) is 0.794. The van der Waals surface area contributed by atoms with Gasteiger partial charge in [-0.3, -0.25) is 0 Å².